The maximum Gasteiger partial charge on any atom is 0.338 e. The number of cyclic esters (lactones) is 1. The molecule has 0 amide bonds. The molecule has 6 aliphatic rings. The SMILES string of the molecule is CCCC[C@@]12[C@@H]3C[C@H]4[C@H]5[C@H](C)[C@@H]([C@@H]6OC(=O)C(C)=C6OC)O[C@]5(O3)[C@H]1CCN42. The number of carbonyl (C=O) groups excluding carboxylic acids is 1. The Morgan fingerprint density at radius 2 is 2.14 bits per heavy atom. The van der Waals surface area contributed by atoms with E-state index < -0.39 is 11.9 Å². The fourth-order valence-corrected chi connectivity index (χ4v) is 8.05. The van der Waals surface area contributed by atoms with Crippen molar-refractivity contribution >= 4 is 5.97 Å². The monoisotopic (exact) mass is 389 g/mol. The number of piperidine rings is 1. The Morgan fingerprint density at radius 1 is 1.32 bits per heavy atom. The van der Waals surface area contributed by atoms with Crippen molar-refractivity contribution in [3.8, 4) is 0 Å². The predicted molar refractivity (Wildman–Crippen MR) is 100 cm³/mol. The summed E-state index contributed by atoms with van der Waals surface area (Å²) in [5.41, 5.74) is 0.739. The molecule has 6 heteroatoms. The van der Waals surface area contributed by atoms with Crippen molar-refractivity contribution in [3.63, 3.8) is 0 Å². The van der Waals surface area contributed by atoms with E-state index in [2.05, 4.69) is 18.7 Å². The van der Waals surface area contributed by atoms with Gasteiger partial charge in [-0.1, -0.05) is 26.7 Å². The lowest BCUT2D eigenvalue weighted by molar-refractivity contribution is -0.280. The van der Waals surface area contributed by atoms with E-state index in [1.165, 1.54) is 25.8 Å². The first-order valence-electron chi connectivity index (χ1n) is 11.1. The molecule has 6 aliphatic heterocycles. The minimum absolute atomic E-state index is 0.175. The predicted octanol–water partition coefficient (Wildman–Crippen LogP) is 2.62. The van der Waals surface area contributed by atoms with Gasteiger partial charge in [0.05, 0.1) is 24.3 Å². The smallest absolute Gasteiger partial charge is 0.338 e. The van der Waals surface area contributed by atoms with E-state index in [4.69, 9.17) is 18.9 Å². The minimum Gasteiger partial charge on any atom is -0.496 e. The first kappa shape index (κ1) is 17.7. The maximum atomic E-state index is 12.2. The van der Waals surface area contributed by atoms with Gasteiger partial charge in [0.1, 0.15) is 11.9 Å². The molecule has 0 saturated carbocycles. The highest BCUT2D eigenvalue weighted by atomic mass is 16.7. The van der Waals surface area contributed by atoms with Crippen molar-refractivity contribution in [2.24, 2.45) is 17.8 Å². The van der Waals surface area contributed by atoms with Gasteiger partial charge >= 0.3 is 5.97 Å². The molecule has 0 aromatic carbocycles. The first-order chi connectivity index (χ1) is 13.5. The summed E-state index contributed by atoms with van der Waals surface area (Å²) >= 11 is 0. The molecule has 6 nitrogen and oxygen atoms in total. The van der Waals surface area contributed by atoms with Crippen molar-refractivity contribution < 1.29 is 23.7 Å². The molecule has 0 radical (unpaired) electrons. The lowest BCUT2D eigenvalue weighted by Gasteiger charge is -2.49. The minimum atomic E-state index is -0.500. The number of esters is 1. The normalized spacial score (nSPS) is 55.4. The van der Waals surface area contributed by atoms with Crippen LogP contribution < -0.4 is 0 Å². The van der Waals surface area contributed by atoms with E-state index in [9.17, 15) is 4.79 Å². The summed E-state index contributed by atoms with van der Waals surface area (Å²) in [6.07, 6.45) is 5.60. The van der Waals surface area contributed by atoms with Gasteiger partial charge in [0.15, 0.2) is 11.9 Å². The molecule has 10 atom stereocenters. The van der Waals surface area contributed by atoms with Gasteiger partial charge in [-0.2, -0.15) is 0 Å². The van der Waals surface area contributed by atoms with E-state index in [-0.39, 0.29) is 23.5 Å². The van der Waals surface area contributed by atoms with Crippen LogP contribution in [0.1, 0.15) is 52.9 Å². The van der Waals surface area contributed by atoms with Gasteiger partial charge in [-0.15, -0.1) is 0 Å². The van der Waals surface area contributed by atoms with Crippen LogP contribution in [0.2, 0.25) is 0 Å². The summed E-state index contributed by atoms with van der Waals surface area (Å²) in [5, 5.41) is 0. The van der Waals surface area contributed by atoms with Crippen LogP contribution in [0.4, 0.5) is 0 Å². The summed E-state index contributed by atoms with van der Waals surface area (Å²) in [4.78, 5) is 15.0. The van der Waals surface area contributed by atoms with Gasteiger partial charge in [0.2, 0.25) is 0 Å². The molecule has 1 unspecified atom stereocenters. The second-order valence-electron chi connectivity index (χ2n) is 9.75. The highest BCUT2D eigenvalue weighted by Gasteiger charge is 2.83. The number of hydrogen-bond acceptors (Lipinski definition) is 6. The number of carbonyl (C=O) groups is 1. The molecule has 0 aromatic heterocycles. The van der Waals surface area contributed by atoms with Crippen LogP contribution in [0.5, 0.6) is 0 Å². The zero-order valence-electron chi connectivity index (χ0n) is 17.3. The standard InChI is InChI=1S/C22H31NO5/c1-5-6-8-21-14-7-9-23(21)13-10-15(21)27-22(14)16(13)11(2)18(28-22)19-17(25-4)12(3)20(24)26-19/h11,13-16,18-19H,5-10H2,1-4H3/t11-,13-,14-,15-,16+,18-,19+,21-,22+/m0/s1. The molecular weight excluding hydrogens is 358 g/mol. The quantitative estimate of drug-likeness (QED) is 0.674. The molecule has 5 bridgehead atoms. The Balaban J connectivity index is 1.39. The van der Waals surface area contributed by atoms with Crippen LogP contribution in [0, 0.1) is 17.8 Å². The first-order valence-corrected chi connectivity index (χ1v) is 11.1. The van der Waals surface area contributed by atoms with Crippen molar-refractivity contribution in [1.29, 1.82) is 0 Å². The van der Waals surface area contributed by atoms with E-state index in [1.807, 2.05) is 0 Å². The highest BCUT2D eigenvalue weighted by Crippen LogP contribution is 2.72. The highest BCUT2D eigenvalue weighted by molar-refractivity contribution is 5.91. The summed E-state index contributed by atoms with van der Waals surface area (Å²) in [6, 6.07) is 0.530. The van der Waals surface area contributed by atoms with Crippen molar-refractivity contribution in [2.75, 3.05) is 13.7 Å². The molecular formula is C22H31NO5. The van der Waals surface area contributed by atoms with Gasteiger partial charge in [-0.05, 0) is 38.6 Å². The van der Waals surface area contributed by atoms with E-state index in [0.29, 0.717) is 35.3 Å². The molecule has 5 fully saturated rings. The van der Waals surface area contributed by atoms with E-state index in [1.54, 1.807) is 14.0 Å². The van der Waals surface area contributed by atoms with Crippen LogP contribution in [0.25, 0.3) is 0 Å². The second-order valence-corrected chi connectivity index (χ2v) is 9.75. The topological polar surface area (TPSA) is 57.2 Å². The Kier molecular flexibility index (Phi) is 3.50. The Hall–Kier alpha value is -1.11. The molecule has 6 heterocycles. The molecule has 6 rings (SSSR count). The van der Waals surface area contributed by atoms with Crippen molar-refractivity contribution in [1.82, 2.24) is 4.90 Å². The van der Waals surface area contributed by atoms with Gasteiger partial charge in [-0.25, -0.2) is 4.79 Å². The fraction of sp³-hybridized carbons (Fsp3) is 0.864. The summed E-state index contributed by atoms with van der Waals surface area (Å²) in [6.45, 7) is 7.49. The third kappa shape index (κ3) is 1.72. The number of rotatable bonds is 5. The van der Waals surface area contributed by atoms with Crippen LogP contribution in [0.3, 0.4) is 0 Å². The summed E-state index contributed by atoms with van der Waals surface area (Å²) in [7, 11) is 1.62. The lowest BCUT2D eigenvalue weighted by Crippen LogP contribution is -2.61. The van der Waals surface area contributed by atoms with Gasteiger partial charge in [-0.3, -0.25) is 4.90 Å². The largest absolute Gasteiger partial charge is 0.496 e. The number of unbranched alkanes of at least 4 members (excludes halogenated alkanes) is 1. The molecule has 0 aliphatic carbocycles. The maximum absolute atomic E-state index is 12.2. The Bertz CT molecular complexity index is 766. The number of methoxy groups -OCH3 is 1. The summed E-state index contributed by atoms with van der Waals surface area (Å²) < 4.78 is 25.0. The number of nitrogens with zero attached hydrogens (tertiary/aromatic N) is 1. The van der Waals surface area contributed by atoms with Gasteiger partial charge < -0.3 is 18.9 Å². The number of ether oxygens (including phenoxy) is 4. The Labute approximate surface area is 166 Å². The van der Waals surface area contributed by atoms with E-state index in [0.717, 1.165) is 12.8 Å². The summed E-state index contributed by atoms with van der Waals surface area (Å²) in [5.74, 6) is 0.872. The zero-order chi connectivity index (χ0) is 19.4. The molecule has 5 saturated heterocycles. The molecule has 0 aromatic rings. The molecule has 1 spiro atoms. The average Bonchev–Trinajstić information content (AvgIpc) is 3.38. The van der Waals surface area contributed by atoms with Crippen LogP contribution >= 0.6 is 0 Å². The average molecular weight is 389 g/mol. The zero-order valence-corrected chi connectivity index (χ0v) is 17.3. The third-order valence-electron chi connectivity index (χ3n) is 8.92. The van der Waals surface area contributed by atoms with Gasteiger partial charge in [0, 0.05) is 17.9 Å². The van der Waals surface area contributed by atoms with Crippen LogP contribution in [-0.4, -0.2) is 60.2 Å². The van der Waals surface area contributed by atoms with Gasteiger partial charge in [0.25, 0.3) is 0 Å². The molecule has 154 valence electrons. The second kappa shape index (κ2) is 5.52. The number of hydrogen-bond donors (Lipinski definition) is 0. The van der Waals surface area contributed by atoms with Crippen molar-refractivity contribution in [2.45, 2.75) is 88.6 Å². The molecule has 0 N–H and O–H groups in total. The third-order valence-corrected chi connectivity index (χ3v) is 8.92. The van der Waals surface area contributed by atoms with E-state index >= 15 is 0 Å². The fourth-order valence-electron chi connectivity index (χ4n) is 8.05. The van der Waals surface area contributed by atoms with Crippen molar-refractivity contribution in [3.05, 3.63) is 11.3 Å². The Morgan fingerprint density at radius 3 is 2.89 bits per heavy atom. The van der Waals surface area contributed by atoms with Crippen LogP contribution in [-0.2, 0) is 23.7 Å². The van der Waals surface area contributed by atoms with Crippen LogP contribution in [0.15, 0.2) is 11.3 Å². The molecule has 28 heavy (non-hydrogen) atoms. The lowest BCUT2D eigenvalue weighted by atomic mass is 9.69. The number of fused-ring (bicyclic) bond motifs is 1.